The van der Waals surface area contributed by atoms with Gasteiger partial charge in [0.15, 0.2) is 0 Å². The van der Waals surface area contributed by atoms with Crippen LogP contribution in [0.25, 0.3) is 0 Å². The second-order valence-corrected chi connectivity index (χ2v) is 5.00. The maximum atomic E-state index is 12.3. The van der Waals surface area contributed by atoms with E-state index in [1.165, 1.54) is 0 Å². The van der Waals surface area contributed by atoms with E-state index in [1.54, 1.807) is 24.5 Å². The van der Waals surface area contributed by atoms with E-state index in [-0.39, 0.29) is 11.8 Å². The number of rotatable bonds is 3. The van der Waals surface area contributed by atoms with Crippen molar-refractivity contribution in [3.63, 3.8) is 0 Å². The summed E-state index contributed by atoms with van der Waals surface area (Å²) in [5.41, 5.74) is 8.71. The van der Waals surface area contributed by atoms with Crippen molar-refractivity contribution in [3.8, 4) is 0 Å². The fourth-order valence-electron chi connectivity index (χ4n) is 1.79. The van der Waals surface area contributed by atoms with Crippen molar-refractivity contribution in [1.29, 1.82) is 0 Å². The molecule has 0 unspecified atom stereocenters. The molecule has 0 aliphatic carbocycles. The summed E-state index contributed by atoms with van der Waals surface area (Å²) in [6.45, 7) is 5.93. The highest BCUT2D eigenvalue weighted by molar-refractivity contribution is 6.05. The number of nitrogens with zero attached hydrogens (tertiary/aromatic N) is 2. The van der Waals surface area contributed by atoms with Crippen molar-refractivity contribution in [2.75, 3.05) is 11.1 Å². The van der Waals surface area contributed by atoms with Crippen LogP contribution in [0.3, 0.4) is 0 Å². The van der Waals surface area contributed by atoms with Gasteiger partial charge in [0.1, 0.15) is 5.82 Å². The van der Waals surface area contributed by atoms with Gasteiger partial charge in [0.05, 0.1) is 11.9 Å². The van der Waals surface area contributed by atoms with Crippen molar-refractivity contribution in [1.82, 2.24) is 9.97 Å². The first-order valence-electron chi connectivity index (χ1n) is 6.47. The Hall–Kier alpha value is -2.43. The molecule has 2 rings (SSSR count). The minimum absolute atomic E-state index is 0.211. The molecule has 0 aliphatic heterocycles. The quantitative estimate of drug-likeness (QED) is 0.898. The van der Waals surface area contributed by atoms with E-state index < -0.39 is 0 Å². The van der Waals surface area contributed by atoms with Crippen LogP contribution < -0.4 is 11.1 Å². The highest BCUT2D eigenvalue weighted by Crippen LogP contribution is 2.18. The molecular formula is C15H18N4O. The lowest BCUT2D eigenvalue weighted by Gasteiger charge is -2.10. The maximum Gasteiger partial charge on any atom is 0.255 e. The predicted octanol–water partition coefficient (Wildman–Crippen LogP) is 2.74. The van der Waals surface area contributed by atoms with Crippen molar-refractivity contribution < 1.29 is 4.79 Å². The molecule has 5 nitrogen and oxygen atoms in total. The first-order chi connectivity index (χ1) is 9.47. The number of amides is 1. The summed E-state index contributed by atoms with van der Waals surface area (Å²) in [5, 5.41) is 2.84. The summed E-state index contributed by atoms with van der Waals surface area (Å²) in [4.78, 5) is 20.5. The van der Waals surface area contributed by atoms with Crippen LogP contribution in [0.1, 0.15) is 41.4 Å². The molecule has 3 N–H and O–H groups in total. The molecule has 2 heterocycles. The van der Waals surface area contributed by atoms with E-state index in [2.05, 4.69) is 15.3 Å². The van der Waals surface area contributed by atoms with E-state index in [4.69, 9.17) is 5.73 Å². The number of pyridine rings is 2. The Morgan fingerprint density at radius 2 is 2.10 bits per heavy atom. The molecule has 2 aromatic heterocycles. The van der Waals surface area contributed by atoms with Crippen LogP contribution in [0.15, 0.2) is 30.6 Å². The molecule has 0 bridgehead atoms. The number of hydrogen-bond donors (Lipinski definition) is 2. The van der Waals surface area contributed by atoms with Gasteiger partial charge < -0.3 is 11.1 Å². The van der Waals surface area contributed by atoms with E-state index >= 15 is 0 Å². The number of aromatic nitrogens is 2. The highest BCUT2D eigenvalue weighted by atomic mass is 16.1. The molecule has 0 fully saturated rings. The molecule has 0 aromatic carbocycles. The first-order valence-corrected chi connectivity index (χ1v) is 6.47. The van der Waals surface area contributed by atoms with Gasteiger partial charge in [-0.05, 0) is 36.6 Å². The van der Waals surface area contributed by atoms with Gasteiger partial charge in [-0.1, -0.05) is 13.8 Å². The molecular weight excluding hydrogens is 252 g/mol. The topological polar surface area (TPSA) is 80.9 Å². The summed E-state index contributed by atoms with van der Waals surface area (Å²) in [7, 11) is 0. The monoisotopic (exact) mass is 270 g/mol. The molecule has 0 saturated carbocycles. The Morgan fingerprint density at radius 1 is 1.35 bits per heavy atom. The zero-order chi connectivity index (χ0) is 14.7. The zero-order valence-electron chi connectivity index (χ0n) is 11.8. The second-order valence-electron chi connectivity index (χ2n) is 5.00. The van der Waals surface area contributed by atoms with Crippen molar-refractivity contribution >= 4 is 17.4 Å². The van der Waals surface area contributed by atoms with Crippen LogP contribution in [0, 0.1) is 6.92 Å². The number of nitrogens with one attached hydrogen (secondary N) is 1. The van der Waals surface area contributed by atoms with Gasteiger partial charge >= 0.3 is 0 Å². The standard InChI is InChI=1S/C15H18N4O/c1-9(2)12-6-11(7-14(16)18-12)15(20)19-13-8-17-5-4-10(13)3/h4-9H,1-3H3,(H2,16,18)(H,19,20). The Labute approximate surface area is 118 Å². The molecule has 5 heteroatoms. The fraction of sp³-hybridized carbons (Fsp3) is 0.267. The Bertz CT molecular complexity index is 638. The van der Waals surface area contributed by atoms with E-state index in [1.807, 2.05) is 26.8 Å². The summed E-state index contributed by atoms with van der Waals surface area (Å²) >= 11 is 0. The van der Waals surface area contributed by atoms with Crippen LogP contribution in [0.5, 0.6) is 0 Å². The van der Waals surface area contributed by atoms with Crippen molar-refractivity contribution in [2.45, 2.75) is 26.7 Å². The lowest BCUT2D eigenvalue weighted by Crippen LogP contribution is -2.14. The third-order valence-corrected chi connectivity index (χ3v) is 3.01. The Kier molecular flexibility index (Phi) is 3.98. The van der Waals surface area contributed by atoms with E-state index in [0.717, 1.165) is 11.3 Å². The highest BCUT2D eigenvalue weighted by Gasteiger charge is 2.12. The minimum Gasteiger partial charge on any atom is -0.384 e. The maximum absolute atomic E-state index is 12.3. The third kappa shape index (κ3) is 3.12. The van der Waals surface area contributed by atoms with Crippen molar-refractivity contribution in [2.24, 2.45) is 0 Å². The molecule has 20 heavy (non-hydrogen) atoms. The molecule has 0 aliphatic rings. The SMILES string of the molecule is Cc1ccncc1NC(=O)c1cc(N)nc(C(C)C)c1. The van der Waals surface area contributed by atoms with Gasteiger partial charge in [-0.2, -0.15) is 0 Å². The molecule has 1 amide bonds. The first kappa shape index (κ1) is 14.0. The zero-order valence-corrected chi connectivity index (χ0v) is 11.8. The van der Waals surface area contributed by atoms with Gasteiger partial charge in [-0.3, -0.25) is 9.78 Å². The fourth-order valence-corrected chi connectivity index (χ4v) is 1.79. The number of aryl methyl sites for hydroxylation is 1. The van der Waals surface area contributed by atoms with Gasteiger partial charge in [-0.15, -0.1) is 0 Å². The molecule has 0 radical (unpaired) electrons. The molecule has 104 valence electrons. The van der Waals surface area contributed by atoms with Gasteiger partial charge in [0.25, 0.3) is 5.91 Å². The van der Waals surface area contributed by atoms with Crippen molar-refractivity contribution in [3.05, 3.63) is 47.4 Å². The average Bonchev–Trinajstić information content (AvgIpc) is 2.40. The van der Waals surface area contributed by atoms with Gasteiger partial charge in [-0.25, -0.2) is 4.98 Å². The second kappa shape index (κ2) is 5.69. The lowest BCUT2D eigenvalue weighted by atomic mass is 10.1. The number of nitrogen functional groups attached to an aromatic ring is 1. The average molecular weight is 270 g/mol. The third-order valence-electron chi connectivity index (χ3n) is 3.01. The molecule has 0 atom stereocenters. The Morgan fingerprint density at radius 3 is 2.75 bits per heavy atom. The molecule has 0 saturated heterocycles. The Balaban J connectivity index is 2.28. The normalized spacial score (nSPS) is 10.6. The van der Waals surface area contributed by atoms with Gasteiger partial charge in [0.2, 0.25) is 0 Å². The van der Waals surface area contributed by atoms with E-state index in [9.17, 15) is 4.79 Å². The smallest absolute Gasteiger partial charge is 0.255 e. The van der Waals surface area contributed by atoms with Crippen LogP contribution in [-0.2, 0) is 0 Å². The van der Waals surface area contributed by atoms with Crippen LogP contribution in [0.4, 0.5) is 11.5 Å². The van der Waals surface area contributed by atoms with Crippen LogP contribution >= 0.6 is 0 Å². The number of carbonyl (C=O) groups is 1. The summed E-state index contributed by atoms with van der Waals surface area (Å²) < 4.78 is 0. The van der Waals surface area contributed by atoms with Crippen LogP contribution in [-0.4, -0.2) is 15.9 Å². The predicted molar refractivity (Wildman–Crippen MR) is 79.7 cm³/mol. The minimum atomic E-state index is -0.211. The number of anilines is 2. The lowest BCUT2D eigenvalue weighted by molar-refractivity contribution is 0.102. The summed E-state index contributed by atoms with van der Waals surface area (Å²) in [6, 6.07) is 5.19. The number of hydrogen-bond acceptors (Lipinski definition) is 4. The molecule has 2 aromatic rings. The number of carbonyl (C=O) groups excluding carboxylic acids is 1. The number of nitrogens with two attached hydrogens (primary N) is 1. The van der Waals surface area contributed by atoms with E-state index in [0.29, 0.717) is 17.1 Å². The van der Waals surface area contributed by atoms with Crippen LogP contribution in [0.2, 0.25) is 0 Å². The van der Waals surface area contributed by atoms with Gasteiger partial charge in [0, 0.05) is 17.5 Å². The largest absolute Gasteiger partial charge is 0.384 e. The summed E-state index contributed by atoms with van der Waals surface area (Å²) in [5.74, 6) is 0.353. The molecule has 0 spiro atoms. The summed E-state index contributed by atoms with van der Waals surface area (Å²) in [6.07, 6.45) is 3.31.